The van der Waals surface area contributed by atoms with Gasteiger partial charge in [0.2, 0.25) is 0 Å². The van der Waals surface area contributed by atoms with Crippen molar-refractivity contribution in [3.05, 3.63) is 69.9 Å². The first-order valence-corrected chi connectivity index (χ1v) is 17.2. The van der Waals surface area contributed by atoms with Gasteiger partial charge in [0, 0.05) is 29.0 Å². The third kappa shape index (κ3) is 4.12. The van der Waals surface area contributed by atoms with Crippen LogP contribution in [0.1, 0.15) is 64.4 Å². The van der Waals surface area contributed by atoms with Crippen molar-refractivity contribution < 1.29 is 19.1 Å². The molecule has 6 nitrogen and oxygen atoms in total. The predicted molar refractivity (Wildman–Crippen MR) is 159 cm³/mol. The Morgan fingerprint density at radius 2 is 2.10 bits per heavy atom. The summed E-state index contributed by atoms with van der Waals surface area (Å²) in [6.07, 6.45) is 13.3. The van der Waals surface area contributed by atoms with E-state index in [1.165, 1.54) is 5.57 Å². The fourth-order valence-corrected chi connectivity index (χ4v) is 10.3. The van der Waals surface area contributed by atoms with Crippen LogP contribution < -0.4 is 5.32 Å². The second-order valence-corrected chi connectivity index (χ2v) is 14.6. The average molecular weight is 577 g/mol. The van der Waals surface area contributed by atoms with Crippen molar-refractivity contribution in [3.8, 4) is 0 Å². The molecule has 7 bridgehead atoms. The van der Waals surface area contributed by atoms with Crippen molar-refractivity contribution in [3.63, 3.8) is 0 Å². The largest absolute Gasteiger partial charge is 0.427 e. The standard InChI is InChI=1S/C32H36N2O4S2/c1-3-4-5-24-22-8-7-21-20-10-12-32(28(21)27(22)30(35)37-24)25-9-6-18(2)16-39-40-17-34-26-15-19(11-13-33-26)14-23(20)29(32)31(36)38-25/h5,9,11,13,15,18,20-21,28H,3-4,6-8,10,12,14,16-17H2,1-2H3,(H,33,34). The maximum Gasteiger partial charge on any atom is 0.340 e. The summed E-state index contributed by atoms with van der Waals surface area (Å²) in [5.74, 6) is 4.71. The maximum atomic E-state index is 13.9. The molecule has 2 fully saturated rings. The van der Waals surface area contributed by atoms with Crippen LogP contribution in [0.2, 0.25) is 0 Å². The van der Waals surface area contributed by atoms with Crippen LogP contribution in [0.3, 0.4) is 0 Å². The van der Waals surface area contributed by atoms with Gasteiger partial charge >= 0.3 is 11.9 Å². The van der Waals surface area contributed by atoms with Crippen molar-refractivity contribution in [1.29, 1.82) is 0 Å². The van der Waals surface area contributed by atoms with Crippen LogP contribution in [0.5, 0.6) is 0 Å². The quantitative estimate of drug-likeness (QED) is 0.294. The minimum Gasteiger partial charge on any atom is -0.427 e. The van der Waals surface area contributed by atoms with Gasteiger partial charge in [-0.1, -0.05) is 47.4 Å². The maximum absolute atomic E-state index is 13.9. The van der Waals surface area contributed by atoms with Crippen LogP contribution in [0, 0.1) is 29.1 Å². The zero-order valence-electron chi connectivity index (χ0n) is 23.2. The Bertz CT molecular complexity index is 1390. The summed E-state index contributed by atoms with van der Waals surface area (Å²) in [6, 6.07) is 4.19. The SMILES string of the molecule is CCCC=C1OC(=O)C2=C1CCC1C3CCC4(C5=CCC(C)CSSCNc6cc(ccn6)CC3=C4C(=O)O5)C21. The van der Waals surface area contributed by atoms with Crippen LogP contribution >= 0.6 is 21.6 Å². The van der Waals surface area contributed by atoms with Crippen LogP contribution in [-0.4, -0.2) is 28.6 Å². The number of carbonyl (C=O) groups excluding carboxylic acids is 2. The van der Waals surface area contributed by atoms with E-state index in [9.17, 15) is 9.59 Å². The monoisotopic (exact) mass is 576 g/mol. The first kappa shape index (κ1) is 26.4. The molecule has 1 aromatic rings. The molecule has 4 aliphatic carbocycles. The molecule has 1 N–H and O–H groups in total. The highest BCUT2D eigenvalue weighted by atomic mass is 33.1. The lowest BCUT2D eigenvalue weighted by Gasteiger charge is -2.56. The highest BCUT2D eigenvalue weighted by Gasteiger charge is 2.68. The van der Waals surface area contributed by atoms with Gasteiger partial charge in [-0.2, -0.15) is 0 Å². The molecule has 0 aromatic carbocycles. The summed E-state index contributed by atoms with van der Waals surface area (Å²) in [5.41, 5.74) is 4.53. The molecule has 8 heteroatoms. The Hall–Kier alpha value is -2.45. The Balaban J connectivity index is 1.41. The summed E-state index contributed by atoms with van der Waals surface area (Å²) >= 11 is 0. The predicted octanol–water partition coefficient (Wildman–Crippen LogP) is 7.13. The molecule has 210 valence electrons. The summed E-state index contributed by atoms with van der Waals surface area (Å²) in [5, 5.41) is 3.45. The number of ether oxygens (including phenoxy) is 2. The molecule has 1 spiro atoms. The highest BCUT2D eigenvalue weighted by molar-refractivity contribution is 8.76. The molecule has 5 unspecified atom stereocenters. The number of nitrogens with zero attached hydrogens (tertiary/aromatic N) is 1. The van der Waals surface area contributed by atoms with Crippen molar-refractivity contribution >= 4 is 39.3 Å². The molecule has 1 aromatic heterocycles. The average Bonchev–Trinajstić information content (AvgIpc) is 3.44. The molecule has 7 aliphatic rings. The first-order valence-electron chi connectivity index (χ1n) is 14.8. The van der Waals surface area contributed by atoms with E-state index in [4.69, 9.17) is 9.47 Å². The summed E-state index contributed by atoms with van der Waals surface area (Å²) < 4.78 is 12.2. The van der Waals surface area contributed by atoms with Crippen molar-refractivity contribution in [2.45, 2.75) is 65.2 Å². The van der Waals surface area contributed by atoms with E-state index in [1.807, 2.05) is 17.0 Å². The van der Waals surface area contributed by atoms with E-state index in [2.05, 4.69) is 48.4 Å². The summed E-state index contributed by atoms with van der Waals surface area (Å²) in [6.45, 7) is 4.39. The molecule has 0 amide bonds. The van der Waals surface area contributed by atoms with Gasteiger partial charge in [0.25, 0.3) is 0 Å². The zero-order valence-corrected chi connectivity index (χ0v) is 24.8. The number of cyclic esters (lactones) is 1. The number of hydrogen-bond acceptors (Lipinski definition) is 8. The van der Waals surface area contributed by atoms with Gasteiger partial charge in [0.05, 0.1) is 16.9 Å². The second kappa shape index (κ2) is 10.4. The van der Waals surface area contributed by atoms with Gasteiger partial charge in [-0.25, -0.2) is 14.6 Å². The number of fused-ring (bicyclic) bond motifs is 3. The number of rotatable bonds is 2. The van der Waals surface area contributed by atoms with Gasteiger partial charge in [-0.3, -0.25) is 0 Å². The number of anilines is 1. The first-order chi connectivity index (χ1) is 19.5. The number of carbonyl (C=O) groups is 2. The van der Waals surface area contributed by atoms with Gasteiger partial charge in [-0.15, -0.1) is 0 Å². The van der Waals surface area contributed by atoms with E-state index in [0.717, 1.165) is 96.2 Å². The topological polar surface area (TPSA) is 77.5 Å². The van der Waals surface area contributed by atoms with Gasteiger partial charge in [0.15, 0.2) is 0 Å². The van der Waals surface area contributed by atoms with Crippen LogP contribution in [0.4, 0.5) is 5.82 Å². The van der Waals surface area contributed by atoms with E-state index in [-0.39, 0.29) is 23.8 Å². The number of unbranched alkanes of at least 4 members (excludes halogenated alkanes) is 1. The number of hydrogen-bond donors (Lipinski definition) is 1. The lowest BCUT2D eigenvalue weighted by Crippen LogP contribution is -2.52. The Morgan fingerprint density at radius 3 is 2.98 bits per heavy atom. The highest BCUT2D eigenvalue weighted by Crippen LogP contribution is 2.70. The van der Waals surface area contributed by atoms with E-state index < -0.39 is 5.41 Å². The van der Waals surface area contributed by atoms with E-state index in [0.29, 0.717) is 18.3 Å². The smallest absolute Gasteiger partial charge is 0.340 e. The number of allylic oxidation sites excluding steroid dienone is 5. The fraction of sp³-hybridized carbons (Fsp3) is 0.531. The molecule has 8 rings (SSSR count). The summed E-state index contributed by atoms with van der Waals surface area (Å²) in [4.78, 5) is 32.0. The molecule has 4 heterocycles. The Labute approximate surface area is 243 Å². The lowest BCUT2D eigenvalue weighted by atomic mass is 9.44. The minimum atomic E-state index is -0.584. The Kier molecular flexibility index (Phi) is 6.90. The van der Waals surface area contributed by atoms with E-state index >= 15 is 0 Å². The number of esters is 2. The summed E-state index contributed by atoms with van der Waals surface area (Å²) in [7, 11) is 3.66. The Morgan fingerprint density at radius 1 is 1.20 bits per heavy atom. The molecule has 1 saturated carbocycles. The number of pyridine rings is 1. The zero-order chi connectivity index (χ0) is 27.4. The molecule has 0 radical (unpaired) electrons. The minimum absolute atomic E-state index is 0.0692. The van der Waals surface area contributed by atoms with Gasteiger partial charge in [0.1, 0.15) is 17.3 Å². The van der Waals surface area contributed by atoms with Crippen molar-refractivity contribution in [2.75, 3.05) is 16.9 Å². The van der Waals surface area contributed by atoms with Crippen LogP contribution in [0.25, 0.3) is 0 Å². The van der Waals surface area contributed by atoms with Crippen LogP contribution in [-0.2, 0) is 25.5 Å². The van der Waals surface area contributed by atoms with E-state index in [1.54, 1.807) is 10.8 Å². The third-order valence-corrected chi connectivity index (χ3v) is 12.2. The lowest BCUT2D eigenvalue weighted by molar-refractivity contribution is -0.135. The second-order valence-electron chi connectivity index (χ2n) is 12.1. The van der Waals surface area contributed by atoms with Crippen LogP contribution in [0.15, 0.2) is 64.3 Å². The van der Waals surface area contributed by atoms with Gasteiger partial charge in [-0.05, 0) is 92.5 Å². The molecule has 3 aliphatic heterocycles. The molecular formula is C32H36N2O4S2. The normalized spacial score (nSPS) is 34.2. The molecule has 5 atom stereocenters. The number of nitrogens with one attached hydrogen (secondary N) is 1. The molecular weight excluding hydrogens is 540 g/mol. The third-order valence-electron chi connectivity index (χ3n) is 9.76. The molecule has 1 saturated heterocycles. The van der Waals surface area contributed by atoms with Crippen molar-refractivity contribution in [2.24, 2.45) is 29.1 Å². The van der Waals surface area contributed by atoms with Crippen molar-refractivity contribution in [1.82, 2.24) is 4.98 Å². The number of aromatic nitrogens is 1. The molecule has 40 heavy (non-hydrogen) atoms. The van der Waals surface area contributed by atoms with Gasteiger partial charge < -0.3 is 14.8 Å². The fourth-order valence-electron chi connectivity index (χ4n) is 8.14.